The second-order valence-electron chi connectivity index (χ2n) is 18.3. The molecule has 1 rings (SSSR count). The number of rotatable bonds is 39. The van der Waals surface area contributed by atoms with Crippen molar-refractivity contribution in [3.63, 3.8) is 0 Å². The Morgan fingerprint density at radius 1 is 0.516 bits per heavy atom. The summed E-state index contributed by atoms with van der Waals surface area (Å²) in [6, 6.07) is 14.0. The maximum absolute atomic E-state index is 12.9. The highest BCUT2D eigenvalue weighted by atomic mass is 28.5. The van der Waals surface area contributed by atoms with E-state index in [2.05, 4.69) is 44.9 Å². The number of benzene rings is 1. The van der Waals surface area contributed by atoms with E-state index < -0.39 is 95.3 Å². The second kappa shape index (κ2) is 30.0. The van der Waals surface area contributed by atoms with Gasteiger partial charge in [0.1, 0.15) is 0 Å². The number of hydrogen-bond donors (Lipinski definition) is 0. The standard InChI is InChI=1S/C39H83F5O12Si8/c1-45-64(46-2,47-3)35-34-61(11,52-57(4)51-60(9,10)55-62(12,33-21-28-50-37-41)53-58(5,6)31-20-27-49-36-40)56-63(13,32-18-17-24-38-22-15-14-16-23-38)54-59(7,8)30-19-26-48-29-25-39(42,43)44/h14-16,22-23,57H,17-21,24-37H2,1-13H3. The number of hydrogen-bond acceptors (Lipinski definition) is 12. The average Bonchev–Trinajstić information content (AvgIpc) is 3.18. The van der Waals surface area contributed by atoms with E-state index in [4.69, 9.17) is 52.2 Å². The lowest BCUT2D eigenvalue weighted by atomic mass is 10.1. The van der Waals surface area contributed by atoms with Crippen molar-refractivity contribution in [3.8, 4) is 0 Å². The Kier molecular flexibility index (Phi) is 29.1. The molecule has 0 N–H and O–H groups in total. The highest BCUT2D eigenvalue weighted by Crippen LogP contribution is 2.35. The van der Waals surface area contributed by atoms with Crippen molar-refractivity contribution in [2.75, 3.05) is 61.5 Å². The lowest BCUT2D eigenvalue weighted by Gasteiger charge is -2.44. The summed E-state index contributed by atoms with van der Waals surface area (Å²) < 4.78 is 139. The number of aryl methyl sites for hydroxylation is 1. The van der Waals surface area contributed by atoms with Crippen molar-refractivity contribution in [2.45, 2.75) is 153 Å². The van der Waals surface area contributed by atoms with Crippen molar-refractivity contribution in [1.82, 2.24) is 0 Å². The largest absolute Gasteiger partial charge is 0.500 e. The molecule has 1 aromatic carbocycles. The molecule has 0 spiro atoms. The fourth-order valence-electron chi connectivity index (χ4n) is 7.88. The number of unbranched alkanes of at least 4 members (excludes halogenated alkanes) is 1. The first-order chi connectivity index (χ1) is 29.7. The van der Waals surface area contributed by atoms with E-state index in [1.54, 1.807) is 21.3 Å². The Morgan fingerprint density at radius 2 is 1.00 bits per heavy atom. The Labute approximate surface area is 391 Å². The lowest BCUT2D eigenvalue weighted by molar-refractivity contribution is -0.145. The monoisotopic (exact) mass is 1060 g/mol. The van der Waals surface area contributed by atoms with Gasteiger partial charge in [-0.2, -0.15) is 13.2 Å². The zero-order valence-corrected chi connectivity index (χ0v) is 49.3. The van der Waals surface area contributed by atoms with Gasteiger partial charge in [0, 0.05) is 47.2 Å². The fraction of sp³-hybridized carbons (Fsp3) is 0.846. The van der Waals surface area contributed by atoms with Crippen LogP contribution in [0.5, 0.6) is 0 Å². The maximum Gasteiger partial charge on any atom is 0.500 e. The van der Waals surface area contributed by atoms with Crippen LogP contribution in [-0.2, 0) is 58.6 Å². The Bertz CT molecular complexity index is 1380. The van der Waals surface area contributed by atoms with Crippen LogP contribution in [0.25, 0.3) is 0 Å². The Hall–Kier alpha value is 0.125. The van der Waals surface area contributed by atoms with Gasteiger partial charge in [0.15, 0.2) is 30.4 Å². The van der Waals surface area contributed by atoms with Crippen LogP contribution in [0.3, 0.4) is 0 Å². The molecule has 0 fully saturated rings. The minimum Gasteiger partial charge on any atom is -0.436 e. The Balaban J connectivity index is 3.46. The number of alkyl halides is 5. The van der Waals surface area contributed by atoms with Crippen LogP contribution in [0.2, 0.25) is 102 Å². The molecule has 4 unspecified atom stereocenters. The normalized spacial score (nSPS) is 16.7. The molecule has 0 amide bonds. The fourth-order valence-corrected chi connectivity index (χ4v) is 45.2. The molecule has 1 aromatic rings. The third kappa shape index (κ3) is 28.0. The van der Waals surface area contributed by atoms with Gasteiger partial charge in [-0.25, -0.2) is 8.78 Å². The van der Waals surface area contributed by atoms with Crippen LogP contribution in [-0.4, -0.2) is 137 Å². The third-order valence-corrected chi connectivity index (χ3v) is 42.5. The van der Waals surface area contributed by atoms with E-state index in [-0.39, 0.29) is 19.8 Å². The van der Waals surface area contributed by atoms with Crippen LogP contribution in [0.15, 0.2) is 30.3 Å². The van der Waals surface area contributed by atoms with Gasteiger partial charge in [0.05, 0.1) is 13.0 Å². The van der Waals surface area contributed by atoms with Crippen molar-refractivity contribution in [1.29, 1.82) is 0 Å². The highest BCUT2D eigenvalue weighted by molar-refractivity contribution is 6.90. The minimum atomic E-state index is -4.26. The molecule has 12 nitrogen and oxygen atoms in total. The summed E-state index contributed by atoms with van der Waals surface area (Å²) >= 11 is 0. The van der Waals surface area contributed by atoms with E-state index in [9.17, 15) is 22.0 Å². The van der Waals surface area contributed by atoms with Gasteiger partial charge < -0.3 is 52.2 Å². The molecule has 0 aliphatic heterocycles. The summed E-state index contributed by atoms with van der Waals surface area (Å²) in [5.41, 5.74) is 1.26. The zero-order chi connectivity index (χ0) is 48.6. The maximum atomic E-state index is 12.9. The summed E-state index contributed by atoms with van der Waals surface area (Å²) in [5.74, 6) is 0. The SMILES string of the molecule is CO[Si](CC[Si](C)(O[SiH](C)O[Si](C)(C)O[Si](C)(CCCOCF)O[Si](C)(C)CCCOCF)O[Si](C)(CCCCc1ccccc1)O[Si](C)(C)CCCOCCC(F)(F)F)(OC)OC. The average molecular weight is 1060 g/mol. The molecule has 0 radical (unpaired) electrons. The summed E-state index contributed by atoms with van der Waals surface area (Å²) in [7, 11) is -17.8. The highest BCUT2D eigenvalue weighted by Gasteiger charge is 2.51. The summed E-state index contributed by atoms with van der Waals surface area (Å²) in [6.07, 6.45) is -0.738. The predicted octanol–water partition coefficient (Wildman–Crippen LogP) is 11.2. The van der Waals surface area contributed by atoms with E-state index in [0.717, 1.165) is 25.3 Å². The molecule has 378 valence electrons. The smallest absolute Gasteiger partial charge is 0.436 e. The molecule has 0 aromatic heterocycles. The Morgan fingerprint density at radius 3 is 1.50 bits per heavy atom. The molecule has 0 bridgehead atoms. The predicted molar refractivity (Wildman–Crippen MR) is 261 cm³/mol. The second-order valence-corrected chi connectivity index (χ2v) is 46.9. The molecule has 64 heavy (non-hydrogen) atoms. The van der Waals surface area contributed by atoms with Crippen LogP contribution >= 0.6 is 0 Å². The summed E-state index contributed by atoms with van der Waals surface area (Å²) in [5, 5.41) is 0. The third-order valence-electron chi connectivity index (χ3n) is 10.5. The number of ether oxygens (including phenoxy) is 3. The zero-order valence-electron chi connectivity index (χ0n) is 41.2. The van der Waals surface area contributed by atoms with Gasteiger partial charge in [0.25, 0.3) is 0 Å². The van der Waals surface area contributed by atoms with E-state index in [1.807, 2.05) is 50.9 Å². The number of halogens is 5. The summed E-state index contributed by atoms with van der Waals surface area (Å²) in [4.78, 5) is 0. The first kappa shape index (κ1) is 62.1. The molecular weight excluding hydrogens is 980 g/mol. The first-order valence-corrected chi connectivity index (χ1v) is 43.1. The van der Waals surface area contributed by atoms with Crippen LogP contribution < -0.4 is 0 Å². The van der Waals surface area contributed by atoms with E-state index in [1.165, 1.54) is 5.56 Å². The molecular formula is C39H83F5O12Si8. The first-order valence-electron chi connectivity index (χ1n) is 22.5. The molecule has 0 heterocycles. The molecule has 4 atom stereocenters. The molecule has 25 heteroatoms. The quantitative estimate of drug-likeness (QED) is 0.0356. The van der Waals surface area contributed by atoms with Gasteiger partial charge >= 0.3 is 58.5 Å². The summed E-state index contributed by atoms with van der Waals surface area (Å²) in [6.45, 7) is 19.3. The molecule has 0 saturated heterocycles. The minimum absolute atomic E-state index is 0.217. The van der Waals surface area contributed by atoms with Crippen molar-refractivity contribution < 1.29 is 74.1 Å². The molecule has 0 saturated carbocycles. The van der Waals surface area contributed by atoms with E-state index >= 15 is 0 Å². The lowest BCUT2D eigenvalue weighted by Crippen LogP contribution is -2.60. The van der Waals surface area contributed by atoms with Crippen molar-refractivity contribution >= 4 is 69.0 Å². The van der Waals surface area contributed by atoms with Crippen LogP contribution in [0.1, 0.15) is 44.1 Å². The van der Waals surface area contributed by atoms with Crippen molar-refractivity contribution in [2.24, 2.45) is 0 Å². The van der Waals surface area contributed by atoms with Crippen LogP contribution in [0.4, 0.5) is 22.0 Å². The van der Waals surface area contributed by atoms with Gasteiger partial charge in [-0.1, -0.05) is 36.8 Å². The molecule has 0 aliphatic rings. The molecule has 0 aliphatic carbocycles. The van der Waals surface area contributed by atoms with Crippen molar-refractivity contribution in [3.05, 3.63) is 35.9 Å². The van der Waals surface area contributed by atoms with Gasteiger partial charge in [-0.05, 0) is 133 Å². The van der Waals surface area contributed by atoms with Crippen LogP contribution in [0, 0.1) is 0 Å². The topological polar surface area (TPSA) is 111 Å². The van der Waals surface area contributed by atoms with Gasteiger partial charge in [-0.3, -0.25) is 0 Å². The van der Waals surface area contributed by atoms with E-state index in [0.29, 0.717) is 56.1 Å². The van der Waals surface area contributed by atoms with Gasteiger partial charge in [-0.15, -0.1) is 0 Å². The van der Waals surface area contributed by atoms with Gasteiger partial charge in [0.2, 0.25) is 0 Å².